The number of piperidine rings is 1. The van der Waals surface area contributed by atoms with Gasteiger partial charge in [-0.2, -0.15) is 0 Å². The Kier molecular flexibility index (Phi) is 6.12. The summed E-state index contributed by atoms with van der Waals surface area (Å²) in [4.78, 5) is 26.8. The first kappa shape index (κ1) is 15.0. The number of likely N-dealkylation sites (tertiary alicyclic amines) is 1. The Labute approximate surface area is 109 Å². The van der Waals surface area contributed by atoms with Gasteiger partial charge in [0.2, 0.25) is 5.91 Å². The minimum atomic E-state index is -0.161. The Morgan fingerprint density at radius 1 is 1.33 bits per heavy atom. The molecular formula is C13H24N2O3. The second kappa shape index (κ2) is 7.36. The molecular weight excluding hydrogens is 232 g/mol. The number of hydrogen-bond donors (Lipinski definition) is 0. The van der Waals surface area contributed by atoms with Crippen LogP contribution in [0.25, 0.3) is 0 Å². The third kappa shape index (κ3) is 4.64. The van der Waals surface area contributed by atoms with Crippen molar-refractivity contribution in [3.05, 3.63) is 0 Å². The summed E-state index contributed by atoms with van der Waals surface area (Å²) < 4.78 is 4.72. The smallest absolute Gasteiger partial charge is 0.307 e. The molecule has 104 valence electrons. The molecule has 1 saturated heterocycles. The molecule has 0 aliphatic carbocycles. The van der Waals surface area contributed by atoms with Crippen molar-refractivity contribution in [3.8, 4) is 0 Å². The van der Waals surface area contributed by atoms with E-state index < -0.39 is 0 Å². The van der Waals surface area contributed by atoms with Gasteiger partial charge < -0.3 is 9.64 Å². The van der Waals surface area contributed by atoms with Gasteiger partial charge in [0.05, 0.1) is 13.5 Å². The maximum atomic E-state index is 11.6. The number of ether oxygens (including phenoxy) is 1. The SMILES string of the molecule is COC(=O)CC1CCCCN1CCC(=O)N(C)C. The van der Waals surface area contributed by atoms with Gasteiger partial charge in [0.15, 0.2) is 0 Å². The number of carbonyl (C=O) groups excluding carboxylic acids is 2. The van der Waals surface area contributed by atoms with Crippen molar-refractivity contribution in [3.63, 3.8) is 0 Å². The highest BCUT2D eigenvalue weighted by atomic mass is 16.5. The van der Waals surface area contributed by atoms with Crippen molar-refractivity contribution in [2.24, 2.45) is 0 Å². The van der Waals surface area contributed by atoms with Crippen molar-refractivity contribution in [1.82, 2.24) is 9.80 Å². The van der Waals surface area contributed by atoms with Gasteiger partial charge in [-0.05, 0) is 19.4 Å². The molecule has 0 radical (unpaired) electrons. The minimum Gasteiger partial charge on any atom is -0.469 e. The molecule has 1 unspecified atom stereocenters. The van der Waals surface area contributed by atoms with E-state index in [0.717, 1.165) is 32.4 Å². The van der Waals surface area contributed by atoms with E-state index in [1.54, 1.807) is 19.0 Å². The van der Waals surface area contributed by atoms with Crippen LogP contribution in [0.4, 0.5) is 0 Å². The number of amides is 1. The topological polar surface area (TPSA) is 49.9 Å². The lowest BCUT2D eigenvalue weighted by Crippen LogP contribution is -2.42. The quantitative estimate of drug-likeness (QED) is 0.685. The number of hydrogen-bond acceptors (Lipinski definition) is 4. The van der Waals surface area contributed by atoms with E-state index >= 15 is 0 Å². The molecule has 0 bridgehead atoms. The first-order chi connectivity index (χ1) is 8.54. The maximum absolute atomic E-state index is 11.6. The highest BCUT2D eigenvalue weighted by molar-refractivity contribution is 5.75. The van der Waals surface area contributed by atoms with Crippen LogP contribution < -0.4 is 0 Å². The molecule has 1 fully saturated rings. The molecule has 0 spiro atoms. The Hall–Kier alpha value is -1.10. The summed E-state index contributed by atoms with van der Waals surface area (Å²) in [6, 6.07) is 0.237. The van der Waals surface area contributed by atoms with Gasteiger partial charge in [0.1, 0.15) is 0 Å². The number of nitrogens with zero attached hydrogens (tertiary/aromatic N) is 2. The highest BCUT2D eigenvalue weighted by Crippen LogP contribution is 2.20. The van der Waals surface area contributed by atoms with Gasteiger partial charge >= 0.3 is 5.97 Å². The van der Waals surface area contributed by atoms with Crippen LogP contribution in [0.2, 0.25) is 0 Å². The zero-order valence-electron chi connectivity index (χ0n) is 11.6. The Balaban J connectivity index is 2.44. The number of esters is 1. The monoisotopic (exact) mass is 256 g/mol. The summed E-state index contributed by atoms with van der Waals surface area (Å²) in [7, 11) is 4.96. The summed E-state index contributed by atoms with van der Waals surface area (Å²) in [5.41, 5.74) is 0. The van der Waals surface area contributed by atoms with Gasteiger partial charge in [0, 0.05) is 33.1 Å². The summed E-state index contributed by atoms with van der Waals surface area (Å²) in [5.74, 6) is -0.0248. The minimum absolute atomic E-state index is 0.136. The van der Waals surface area contributed by atoms with Gasteiger partial charge in [-0.3, -0.25) is 14.5 Å². The fraction of sp³-hybridized carbons (Fsp3) is 0.846. The van der Waals surface area contributed by atoms with E-state index in [9.17, 15) is 9.59 Å². The van der Waals surface area contributed by atoms with Gasteiger partial charge in [-0.25, -0.2) is 0 Å². The average Bonchev–Trinajstić information content (AvgIpc) is 2.37. The molecule has 0 aromatic carbocycles. The van der Waals surface area contributed by atoms with E-state index in [2.05, 4.69) is 4.90 Å². The molecule has 0 N–H and O–H groups in total. The highest BCUT2D eigenvalue weighted by Gasteiger charge is 2.25. The first-order valence-corrected chi connectivity index (χ1v) is 6.55. The summed E-state index contributed by atoms with van der Waals surface area (Å²) in [6.45, 7) is 1.71. The van der Waals surface area contributed by atoms with E-state index in [4.69, 9.17) is 4.74 Å². The molecule has 0 aromatic heterocycles. The normalized spacial score (nSPS) is 20.5. The van der Waals surface area contributed by atoms with Crippen molar-refractivity contribution in [2.45, 2.75) is 38.1 Å². The molecule has 0 aromatic rings. The molecule has 1 atom stereocenters. The van der Waals surface area contributed by atoms with E-state index in [0.29, 0.717) is 12.8 Å². The van der Waals surface area contributed by atoms with Crippen LogP contribution in [0.5, 0.6) is 0 Å². The zero-order valence-corrected chi connectivity index (χ0v) is 11.6. The predicted octanol–water partition coefficient (Wildman–Crippen LogP) is 0.882. The first-order valence-electron chi connectivity index (χ1n) is 6.55. The zero-order chi connectivity index (χ0) is 13.5. The van der Waals surface area contributed by atoms with Crippen LogP contribution in [0.15, 0.2) is 0 Å². The van der Waals surface area contributed by atoms with E-state index in [1.165, 1.54) is 7.11 Å². The molecule has 1 amide bonds. The summed E-state index contributed by atoms with van der Waals surface area (Å²) in [5, 5.41) is 0. The lowest BCUT2D eigenvalue weighted by molar-refractivity contribution is -0.142. The van der Waals surface area contributed by atoms with Crippen LogP contribution in [0.3, 0.4) is 0 Å². The fourth-order valence-corrected chi connectivity index (χ4v) is 2.32. The Morgan fingerprint density at radius 2 is 2.06 bits per heavy atom. The van der Waals surface area contributed by atoms with Crippen molar-refractivity contribution in [2.75, 3.05) is 34.3 Å². The molecule has 5 heteroatoms. The third-order valence-electron chi connectivity index (χ3n) is 3.49. The van der Waals surface area contributed by atoms with Gasteiger partial charge in [0.25, 0.3) is 0 Å². The van der Waals surface area contributed by atoms with Crippen LogP contribution in [-0.4, -0.2) is 62.0 Å². The predicted molar refractivity (Wildman–Crippen MR) is 69.2 cm³/mol. The molecule has 1 heterocycles. The lowest BCUT2D eigenvalue weighted by atomic mass is 9.99. The molecule has 5 nitrogen and oxygen atoms in total. The van der Waals surface area contributed by atoms with Crippen molar-refractivity contribution < 1.29 is 14.3 Å². The number of methoxy groups -OCH3 is 1. The van der Waals surface area contributed by atoms with Crippen molar-refractivity contribution >= 4 is 11.9 Å². The number of carbonyl (C=O) groups is 2. The molecule has 0 saturated carbocycles. The Morgan fingerprint density at radius 3 is 2.67 bits per heavy atom. The Bertz CT molecular complexity index is 292. The van der Waals surface area contributed by atoms with Crippen LogP contribution in [-0.2, 0) is 14.3 Å². The molecule has 1 aliphatic rings. The third-order valence-corrected chi connectivity index (χ3v) is 3.49. The molecule has 1 aliphatic heterocycles. The van der Waals surface area contributed by atoms with Crippen LogP contribution in [0.1, 0.15) is 32.1 Å². The van der Waals surface area contributed by atoms with Gasteiger partial charge in [-0.15, -0.1) is 0 Å². The summed E-state index contributed by atoms with van der Waals surface area (Å²) >= 11 is 0. The molecule has 18 heavy (non-hydrogen) atoms. The lowest BCUT2D eigenvalue weighted by Gasteiger charge is -2.35. The number of rotatable bonds is 5. The molecule has 1 rings (SSSR count). The summed E-state index contributed by atoms with van der Waals surface area (Å²) in [6.07, 6.45) is 4.27. The van der Waals surface area contributed by atoms with Gasteiger partial charge in [-0.1, -0.05) is 6.42 Å². The van der Waals surface area contributed by atoms with Crippen LogP contribution >= 0.6 is 0 Å². The van der Waals surface area contributed by atoms with E-state index in [1.807, 2.05) is 0 Å². The van der Waals surface area contributed by atoms with Crippen molar-refractivity contribution in [1.29, 1.82) is 0 Å². The largest absolute Gasteiger partial charge is 0.469 e. The standard InChI is InChI=1S/C13H24N2O3/c1-14(2)12(16)7-9-15-8-5-4-6-11(15)10-13(17)18-3/h11H,4-10H2,1-3H3. The van der Waals surface area contributed by atoms with E-state index in [-0.39, 0.29) is 17.9 Å². The average molecular weight is 256 g/mol. The van der Waals surface area contributed by atoms with Crippen LogP contribution in [0, 0.1) is 0 Å². The second-order valence-corrected chi connectivity index (χ2v) is 5.00. The maximum Gasteiger partial charge on any atom is 0.307 e. The second-order valence-electron chi connectivity index (χ2n) is 5.00. The fourth-order valence-electron chi connectivity index (χ4n) is 2.32.